The summed E-state index contributed by atoms with van der Waals surface area (Å²) in [6.45, 7) is 4.17. The summed E-state index contributed by atoms with van der Waals surface area (Å²) in [5, 5.41) is 21.4. The van der Waals surface area contributed by atoms with Crippen molar-refractivity contribution in [2.75, 3.05) is 0 Å². The molecule has 0 aliphatic carbocycles. The zero-order valence-electron chi connectivity index (χ0n) is 27.8. The minimum Gasteiger partial charge on any atom is -0.455 e. The lowest BCUT2D eigenvalue weighted by Crippen LogP contribution is -2.33. The number of carbonyl (C=O) groups is 1. The van der Waals surface area contributed by atoms with E-state index in [2.05, 4.69) is 6.92 Å². The predicted molar refractivity (Wildman–Crippen MR) is 174 cm³/mol. The number of esters is 1. The minimum absolute atomic E-state index is 0.0466. The Morgan fingerprint density at radius 1 is 0.651 bits per heavy atom. The smallest absolute Gasteiger partial charge is 0.334 e. The average molecular weight is 607 g/mol. The van der Waals surface area contributed by atoms with Crippen molar-refractivity contribution in [2.24, 2.45) is 0 Å². The molecule has 2 N–H and O–H groups in total. The van der Waals surface area contributed by atoms with E-state index in [0.29, 0.717) is 0 Å². The monoisotopic (exact) mass is 606 g/mol. The van der Waals surface area contributed by atoms with Crippen LogP contribution in [-0.4, -0.2) is 58.9 Å². The molecule has 3 aliphatic rings. The number of hydrogen-bond acceptors (Lipinski definition) is 6. The first-order valence-electron chi connectivity index (χ1n) is 18.6. The summed E-state index contributed by atoms with van der Waals surface area (Å²) in [5.41, 5.74) is 0.869. The maximum atomic E-state index is 11.6. The molecule has 7 atom stereocenters. The molecule has 0 unspecified atom stereocenters. The molecule has 0 radical (unpaired) electrons. The molecule has 2 saturated heterocycles. The van der Waals surface area contributed by atoms with Gasteiger partial charge in [-0.3, -0.25) is 0 Å². The lowest BCUT2D eigenvalue weighted by atomic mass is 10.0. The first-order chi connectivity index (χ1) is 21.0. The van der Waals surface area contributed by atoms with E-state index >= 15 is 0 Å². The highest BCUT2D eigenvalue weighted by atomic mass is 16.6. The number of aliphatic hydroxyl groups is 2. The summed E-state index contributed by atoms with van der Waals surface area (Å²) in [4.78, 5) is 11.6. The highest BCUT2D eigenvalue weighted by Gasteiger charge is 2.40. The van der Waals surface area contributed by atoms with Gasteiger partial charge in [-0.05, 0) is 64.4 Å². The van der Waals surface area contributed by atoms with Crippen LogP contribution in [0.1, 0.15) is 174 Å². The highest BCUT2D eigenvalue weighted by Crippen LogP contribution is 2.34. The van der Waals surface area contributed by atoms with E-state index in [9.17, 15) is 15.0 Å². The first kappa shape index (κ1) is 36.5. The van der Waals surface area contributed by atoms with Gasteiger partial charge in [0.05, 0.1) is 36.6 Å². The van der Waals surface area contributed by atoms with E-state index < -0.39 is 0 Å². The van der Waals surface area contributed by atoms with Crippen LogP contribution in [0.3, 0.4) is 0 Å². The molecule has 3 heterocycles. The Morgan fingerprint density at radius 3 is 1.49 bits per heavy atom. The molecule has 0 spiro atoms. The van der Waals surface area contributed by atoms with Crippen molar-refractivity contribution in [3.63, 3.8) is 0 Å². The predicted octanol–water partition coefficient (Wildman–Crippen LogP) is 8.89. The number of rotatable bonds is 25. The molecular weight excluding hydrogens is 540 g/mol. The number of carbonyl (C=O) groups excluding carboxylic acids is 1. The van der Waals surface area contributed by atoms with Gasteiger partial charge in [0.1, 0.15) is 6.10 Å². The number of aliphatic hydroxyl groups excluding tert-OH is 2. The fraction of sp³-hybridized carbons (Fsp3) is 0.919. The molecule has 0 bridgehead atoms. The van der Waals surface area contributed by atoms with Crippen molar-refractivity contribution in [3.05, 3.63) is 11.6 Å². The Balaban J connectivity index is 1.12. The summed E-state index contributed by atoms with van der Waals surface area (Å²) >= 11 is 0. The maximum Gasteiger partial charge on any atom is 0.334 e. The number of ether oxygens (including phenoxy) is 3. The third-order valence-electron chi connectivity index (χ3n) is 9.98. The Kier molecular flexibility index (Phi) is 18.5. The molecule has 43 heavy (non-hydrogen) atoms. The van der Waals surface area contributed by atoms with Crippen LogP contribution in [0.15, 0.2) is 11.6 Å². The van der Waals surface area contributed by atoms with Crippen LogP contribution < -0.4 is 0 Å². The van der Waals surface area contributed by atoms with Gasteiger partial charge in [0.2, 0.25) is 0 Å². The summed E-state index contributed by atoms with van der Waals surface area (Å²) in [5.74, 6) is -0.118. The van der Waals surface area contributed by atoms with Gasteiger partial charge in [0.15, 0.2) is 0 Å². The van der Waals surface area contributed by atoms with Crippen molar-refractivity contribution in [3.8, 4) is 0 Å². The molecule has 3 rings (SSSR count). The van der Waals surface area contributed by atoms with Crippen LogP contribution in [0, 0.1) is 0 Å². The molecule has 0 aromatic carbocycles. The van der Waals surface area contributed by atoms with Gasteiger partial charge in [0, 0.05) is 5.57 Å². The average Bonchev–Trinajstić information content (AvgIpc) is 3.75. The second kappa shape index (κ2) is 21.7. The summed E-state index contributed by atoms with van der Waals surface area (Å²) < 4.78 is 17.7. The Bertz CT molecular complexity index is 768. The molecule has 3 aliphatic heterocycles. The molecule has 6 heteroatoms. The second-order valence-electron chi connectivity index (χ2n) is 13.9. The molecule has 0 saturated carbocycles. The number of unbranched alkanes of at least 4 members (excludes halogenated alkanes) is 16. The van der Waals surface area contributed by atoms with Gasteiger partial charge < -0.3 is 24.4 Å². The lowest BCUT2D eigenvalue weighted by molar-refractivity contribution is -0.139. The normalized spacial score (nSPS) is 27.0. The van der Waals surface area contributed by atoms with Gasteiger partial charge in [-0.15, -0.1) is 0 Å². The van der Waals surface area contributed by atoms with E-state index in [0.717, 1.165) is 69.8 Å². The number of hydrogen-bond donors (Lipinski definition) is 2. The molecule has 0 aromatic rings. The summed E-state index contributed by atoms with van der Waals surface area (Å²) in [6, 6.07) is 0. The molecular formula is C37H66O6. The van der Waals surface area contributed by atoms with Gasteiger partial charge in [-0.25, -0.2) is 4.79 Å². The number of cyclic esters (lactones) is 1. The third-order valence-corrected chi connectivity index (χ3v) is 9.98. The maximum absolute atomic E-state index is 11.6. The fourth-order valence-electron chi connectivity index (χ4n) is 7.25. The van der Waals surface area contributed by atoms with E-state index in [1.54, 1.807) is 0 Å². The zero-order chi connectivity index (χ0) is 30.7. The third kappa shape index (κ3) is 14.3. The Hall–Kier alpha value is -0.950. The van der Waals surface area contributed by atoms with Crippen LogP contribution in [0.4, 0.5) is 0 Å². The van der Waals surface area contributed by atoms with Crippen LogP contribution in [0.25, 0.3) is 0 Å². The van der Waals surface area contributed by atoms with Crippen LogP contribution in [0.2, 0.25) is 0 Å². The Labute approximate surface area is 263 Å². The van der Waals surface area contributed by atoms with E-state index in [4.69, 9.17) is 14.2 Å². The van der Waals surface area contributed by atoms with Crippen molar-refractivity contribution in [2.45, 2.75) is 217 Å². The van der Waals surface area contributed by atoms with Crippen molar-refractivity contribution < 1.29 is 29.2 Å². The van der Waals surface area contributed by atoms with Crippen molar-refractivity contribution in [1.29, 1.82) is 0 Å². The van der Waals surface area contributed by atoms with E-state index in [-0.39, 0.29) is 48.7 Å². The van der Waals surface area contributed by atoms with Crippen molar-refractivity contribution in [1.82, 2.24) is 0 Å². The molecule has 250 valence electrons. The van der Waals surface area contributed by atoms with Crippen LogP contribution in [-0.2, 0) is 19.0 Å². The SMILES string of the molecule is CCCCCCCCCC[C@H](O)[C@@H]1CC[C@@H]([C@@H]2CC[C@@H]([C@@H](O)CCCCCCCCCCCCC3=C[C@H](C)OC3=O)O2)O1. The highest BCUT2D eigenvalue weighted by molar-refractivity contribution is 5.90. The minimum atomic E-state index is -0.375. The van der Waals surface area contributed by atoms with Gasteiger partial charge in [0.25, 0.3) is 0 Å². The van der Waals surface area contributed by atoms with Gasteiger partial charge >= 0.3 is 5.97 Å². The van der Waals surface area contributed by atoms with Crippen molar-refractivity contribution >= 4 is 5.97 Å². The molecule has 2 fully saturated rings. The molecule has 0 aromatic heterocycles. The lowest BCUT2D eigenvalue weighted by Gasteiger charge is -2.24. The molecule has 6 nitrogen and oxygen atoms in total. The quantitative estimate of drug-likeness (QED) is 0.0797. The van der Waals surface area contributed by atoms with Crippen LogP contribution >= 0.6 is 0 Å². The topological polar surface area (TPSA) is 85.2 Å². The summed E-state index contributed by atoms with van der Waals surface area (Å²) in [6.07, 6.45) is 29.9. The fourth-order valence-corrected chi connectivity index (χ4v) is 7.25. The van der Waals surface area contributed by atoms with Gasteiger partial charge in [-0.1, -0.05) is 116 Å². The molecule has 0 amide bonds. The zero-order valence-corrected chi connectivity index (χ0v) is 27.8. The standard InChI is InChI=1S/C37H66O6/c1-3-4-5-6-7-13-16-19-22-31(38)33-24-26-35(42-33)36-27-25-34(43-36)32(39)23-20-17-14-11-9-8-10-12-15-18-21-30-28-29(2)41-37(30)40/h28-29,31-36,38-39H,3-27H2,1-2H3/t29-,31-,32-,33-,34-,35-,36-/m0/s1. The van der Waals surface area contributed by atoms with E-state index in [1.165, 1.54) is 96.3 Å². The van der Waals surface area contributed by atoms with E-state index in [1.807, 2.05) is 13.0 Å². The Morgan fingerprint density at radius 2 is 1.07 bits per heavy atom. The summed E-state index contributed by atoms with van der Waals surface area (Å²) in [7, 11) is 0. The van der Waals surface area contributed by atoms with Crippen LogP contribution in [0.5, 0.6) is 0 Å². The largest absolute Gasteiger partial charge is 0.455 e. The van der Waals surface area contributed by atoms with Gasteiger partial charge in [-0.2, -0.15) is 0 Å². The first-order valence-corrected chi connectivity index (χ1v) is 18.6. The second-order valence-corrected chi connectivity index (χ2v) is 13.9.